The predicted octanol–water partition coefficient (Wildman–Crippen LogP) is 2.20. The average Bonchev–Trinajstić information content (AvgIpc) is 2.95. The van der Waals surface area contributed by atoms with Crippen LogP contribution in [0.1, 0.15) is 35.0 Å². The van der Waals surface area contributed by atoms with Gasteiger partial charge >= 0.3 is 0 Å². The van der Waals surface area contributed by atoms with Gasteiger partial charge in [0.15, 0.2) is 9.84 Å². The summed E-state index contributed by atoms with van der Waals surface area (Å²) >= 11 is 0. The lowest BCUT2D eigenvalue weighted by atomic mass is 10.1. The van der Waals surface area contributed by atoms with Gasteiger partial charge < -0.3 is 10.6 Å². The molecule has 1 saturated heterocycles. The van der Waals surface area contributed by atoms with E-state index in [9.17, 15) is 13.2 Å². The molecule has 0 saturated carbocycles. The number of aromatic nitrogens is 2. The van der Waals surface area contributed by atoms with Crippen LogP contribution in [0.15, 0.2) is 30.6 Å². The summed E-state index contributed by atoms with van der Waals surface area (Å²) in [5, 5.41) is 5.96. The zero-order valence-electron chi connectivity index (χ0n) is 14.8. The minimum atomic E-state index is -2.96. The van der Waals surface area contributed by atoms with Crippen LogP contribution in [0, 0.1) is 6.92 Å². The Morgan fingerprint density at radius 1 is 1.27 bits per heavy atom. The Hall–Kier alpha value is -2.48. The van der Waals surface area contributed by atoms with E-state index in [1.807, 2.05) is 32.0 Å². The van der Waals surface area contributed by atoms with Crippen molar-refractivity contribution in [2.45, 2.75) is 32.7 Å². The maximum Gasteiger partial charge on any atom is 0.275 e. The number of carbonyl (C=O) groups excluding carboxylic acids is 1. The van der Waals surface area contributed by atoms with E-state index in [2.05, 4.69) is 20.6 Å². The molecule has 7 nitrogen and oxygen atoms in total. The fourth-order valence-corrected chi connectivity index (χ4v) is 4.69. The normalized spacial score (nSPS) is 18.5. The second-order valence-corrected chi connectivity index (χ2v) is 8.68. The van der Waals surface area contributed by atoms with Crippen LogP contribution in [0.25, 0.3) is 0 Å². The summed E-state index contributed by atoms with van der Waals surface area (Å²) < 4.78 is 23.0. The lowest BCUT2D eigenvalue weighted by molar-refractivity contribution is 0.102. The van der Waals surface area contributed by atoms with Crippen molar-refractivity contribution in [3.63, 3.8) is 0 Å². The lowest BCUT2D eigenvalue weighted by Gasteiger charge is -2.13. The number of hydrogen-bond donors (Lipinski definition) is 2. The van der Waals surface area contributed by atoms with Crippen molar-refractivity contribution in [1.29, 1.82) is 0 Å². The van der Waals surface area contributed by atoms with Gasteiger partial charge in [-0.25, -0.2) is 18.4 Å². The lowest BCUT2D eigenvalue weighted by Crippen LogP contribution is -2.22. The largest absolute Gasteiger partial charge is 0.365 e. The van der Waals surface area contributed by atoms with Crippen molar-refractivity contribution in [1.82, 2.24) is 9.97 Å². The van der Waals surface area contributed by atoms with E-state index >= 15 is 0 Å². The van der Waals surface area contributed by atoms with E-state index in [1.165, 1.54) is 12.4 Å². The first-order chi connectivity index (χ1) is 12.4. The van der Waals surface area contributed by atoms with E-state index in [0.29, 0.717) is 12.2 Å². The number of nitrogens with one attached hydrogen (secondary N) is 2. The van der Waals surface area contributed by atoms with Gasteiger partial charge in [-0.15, -0.1) is 0 Å². The van der Waals surface area contributed by atoms with Crippen molar-refractivity contribution in [2.75, 3.05) is 22.1 Å². The number of anilines is 2. The third-order valence-corrected chi connectivity index (χ3v) is 6.22. The molecule has 1 fully saturated rings. The number of carbonyl (C=O) groups is 1. The fourth-order valence-electron chi connectivity index (χ4n) is 3.02. The Kier molecular flexibility index (Phi) is 5.22. The molecule has 8 heteroatoms. The molecule has 0 radical (unpaired) electrons. The van der Waals surface area contributed by atoms with Gasteiger partial charge in [0.2, 0.25) is 0 Å². The highest BCUT2D eigenvalue weighted by molar-refractivity contribution is 7.91. The minimum Gasteiger partial charge on any atom is -0.365 e. The number of para-hydroxylation sites is 1. The second kappa shape index (κ2) is 7.41. The van der Waals surface area contributed by atoms with Crippen LogP contribution in [-0.2, 0) is 16.3 Å². The Morgan fingerprint density at radius 2 is 2.08 bits per heavy atom. The molecule has 2 N–H and O–H groups in total. The zero-order chi connectivity index (χ0) is 18.7. The SMILES string of the molecule is CCc1cccc(C)c1NC(=O)c1cnc(NC2CCS(=O)(=O)C2)cn1. The molecule has 1 atom stereocenters. The molecule has 1 aromatic carbocycles. The Bertz CT molecular complexity index is 911. The van der Waals surface area contributed by atoms with E-state index < -0.39 is 9.84 Å². The summed E-state index contributed by atoms with van der Waals surface area (Å²) in [5.41, 5.74) is 3.07. The predicted molar refractivity (Wildman–Crippen MR) is 101 cm³/mol. The van der Waals surface area contributed by atoms with Gasteiger partial charge in [0, 0.05) is 11.7 Å². The van der Waals surface area contributed by atoms with Gasteiger partial charge in [-0.05, 0) is 30.9 Å². The van der Waals surface area contributed by atoms with E-state index in [4.69, 9.17) is 0 Å². The quantitative estimate of drug-likeness (QED) is 0.832. The first-order valence-corrected chi connectivity index (χ1v) is 10.4. The van der Waals surface area contributed by atoms with Crippen molar-refractivity contribution in [3.8, 4) is 0 Å². The van der Waals surface area contributed by atoms with Crippen LogP contribution < -0.4 is 10.6 Å². The highest BCUT2D eigenvalue weighted by Gasteiger charge is 2.28. The first-order valence-electron chi connectivity index (χ1n) is 8.57. The van der Waals surface area contributed by atoms with Gasteiger partial charge in [0.1, 0.15) is 11.5 Å². The van der Waals surface area contributed by atoms with Crippen molar-refractivity contribution >= 4 is 27.2 Å². The summed E-state index contributed by atoms with van der Waals surface area (Å²) in [6, 6.07) is 5.74. The molecule has 1 aliphatic rings. The van der Waals surface area contributed by atoms with Crippen LogP contribution in [0.3, 0.4) is 0 Å². The van der Waals surface area contributed by atoms with Crippen molar-refractivity contribution in [3.05, 3.63) is 47.4 Å². The number of rotatable bonds is 5. The highest BCUT2D eigenvalue weighted by atomic mass is 32.2. The van der Waals surface area contributed by atoms with E-state index in [-0.39, 0.29) is 29.1 Å². The molecule has 3 rings (SSSR count). The van der Waals surface area contributed by atoms with Gasteiger partial charge in [0.25, 0.3) is 5.91 Å². The summed E-state index contributed by atoms with van der Waals surface area (Å²) in [4.78, 5) is 20.8. The Labute approximate surface area is 153 Å². The second-order valence-electron chi connectivity index (χ2n) is 6.45. The monoisotopic (exact) mass is 374 g/mol. The van der Waals surface area contributed by atoms with Crippen LogP contribution in [0.4, 0.5) is 11.5 Å². The minimum absolute atomic E-state index is 0.101. The van der Waals surface area contributed by atoms with E-state index in [1.54, 1.807) is 0 Å². The molecule has 0 aliphatic carbocycles. The summed E-state index contributed by atoms with van der Waals surface area (Å²) in [7, 11) is -2.96. The first kappa shape index (κ1) is 18.3. The summed E-state index contributed by atoms with van der Waals surface area (Å²) in [5.74, 6) is 0.434. The van der Waals surface area contributed by atoms with Gasteiger partial charge in [-0.3, -0.25) is 4.79 Å². The third kappa shape index (κ3) is 4.19. The van der Waals surface area contributed by atoms with Crippen molar-refractivity contribution < 1.29 is 13.2 Å². The average molecular weight is 374 g/mol. The highest BCUT2D eigenvalue weighted by Crippen LogP contribution is 2.22. The van der Waals surface area contributed by atoms with Crippen LogP contribution in [-0.4, -0.2) is 41.8 Å². The van der Waals surface area contributed by atoms with Gasteiger partial charge in [-0.2, -0.15) is 0 Å². The molecule has 26 heavy (non-hydrogen) atoms. The van der Waals surface area contributed by atoms with Crippen LogP contribution in [0.5, 0.6) is 0 Å². The number of hydrogen-bond acceptors (Lipinski definition) is 6. The number of amides is 1. The molecule has 2 aromatic rings. The van der Waals surface area contributed by atoms with Crippen LogP contribution in [0.2, 0.25) is 0 Å². The third-order valence-electron chi connectivity index (χ3n) is 4.45. The summed E-state index contributed by atoms with van der Waals surface area (Å²) in [6.45, 7) is 3.98. The summed E-state index contributed by atoms with van der Waals surface area (Å²) in [6.07, 6.45) is 4.22. The Balaban J connectivity index is 1.68. The molecule has 1 aromatic heterocycles. The molecule has 1 aliphatic heterocycles. The molecular weight excluding hydrogens is 352 g/mol. The maximum atomic E-state index is 12.5. The smallest absolute Gasteiger partial charge is 0.275 e. The van der Waals surface area contributed by atoms with Crippen molar-refractivity contribution in [2.24, 2.45) is 0 Å². The topological polar surface area (TPSA) is 101 Å². The zero-order valence-corrected chi connectivity index (χ0v) is 15.6. The molecular formula is C18H22N4O3S. The number of sulfone groups is 1. The Morgan fingerprint density at radius 3 is 2.69 bits per heavy atom. The number of benzene rings is 1. The fraction of sp³-hybridized carbons (Fsp3) is 0.389. The number of nitrogens with zero attached hydrogens (tertiary/aromatic N) is 2. The number of aryl methyl sites for hydroxylation is 2. The van der Waals surface area contributed by atoms with E-state index in [0.717, 1.165) is 23.2 Å². The molecule has 1 amide bonds. The molecule has 1 unspecified atom stereocenters. The van der Waals surface area contributed by atoms with Gasteiger partial charge in [-0.1, -0.05) is 25.1 Å². The molecule has 2 heterocycles. The molecule has 0 spiro atoms. The molecule has 0 bridgehead atoms. The molecule has 138 valence electrons. The van der Waals surface area contributed by atoms with Crippen LogP contribution >= 0.6 is 0 Å². The standard InChI is InChI=1S/C18H22N4O3S/c1-3-13-6-4-5-12(2)17(13)22-18(23)15-9-20-16(10-19-15)21-14-7-8-26(24,25)11-14/h4-6,9-10,14H,3,7-8,11H2,1-2H3,(H,20,21)(H,22,23). The van der Waals surface area contributed by atoms with Gasteiger partial charge in [0.05, 0.1) is 23.9 Å². The maximum absolute atomic E-state index is 12.5.